The van der Waals surface area contributed by atoms with Gasteiger partial charge >= 0.3 is 5.97 Å². The second-order valence-electron chi connectivity index (χ2n) is 7.27. The van der Waals surface area contributed by atoms with Gasteiger partial charge in [0.15, 0.2) is 5.84 Å². The summed E-state index contributed by atoms with van der Waals surface area (Å²) in [4.78, 5) is 24.4. The molecule has 2 aliphatic rings. The van der Waals surface area contributed by atoms with Crippen LogP contribution >= 0.6 is 11.6 Å². The van der Waals surface area contributed by atoms with E-state index in [1.165, 1.54) is 13.3 Å². The summed E-state index contributed by atoms with van der Waals surface area (Å²) >= 11 is 6.56. The van der Waals surface area contributed by atoms with Crippen LogP contribution in [-0.4, -0.2) is 62.4 Å². The molecule has 0 aliphatic carbocycles. The predicted octanol–water partition coefficient (Wildman–Crippen LogP) is 3.09. The Morgan fingerprint density at radius 2 is 2.10 bits per heavy atom. The van der Waals surface area contributed by atoms with Crippen LogP contribution in [0.25, 0.3) is 0 Å². The Labute approximate surface area is 187 Å². The molecule has 3 rings (SSSR count). The average Bonchev–Trinajstić information content (AvgIpc) is 2.77. The largest absolute Gasteiger partial charge is 0.466 e. The van der Waals surface area contributed by atoms with Crippen molar-refractivity contribution in [2.24, 2.45) is 9.98 Å². The second-order valence-corrected chi connectivity index (χ2v) is 7.68. The fraction of sp³-hybridized carbons (Fsp3) is 0.348. The number of amidine groups is 1. The summed E-state index contributed by atoms with van der Waals surface area (Å²) in [6, 6.07) is 7.35. The van der Waals surface area contributed by atoms with Crippen molar-refractivity contribution < 1.29 is 14.3 Å². The van der Waals surface area contributed by atoms with Gasteiger partial charge in [0.25, 0.3) is 0 Å². The number of carbonyl (C=O) groups excluding carboxylic acids is 1. The molecule has 1 N–H and O–H groups in total. The van der Waals surface area contributed by atoms with Gasteiger partial charge in [-0.25, -0.2) is 9.79 Å². The van der Waals surface area contributed by atoms with Crippen molar-refractivity contribution in [2.45, 2.75) is 12.5 Å². The molecule has 1 aromatic rings. The molecule has 1 unspecified atom stereocenters. The zero-order valence-corrected chi connectivity index (χ0v) is 18.6. The van der Waals surface area contributed by atoms with Gasteiger partial charge < -0.3 is 14.8 Å². The highest BCUT2D eigenvalue weighted by Gasteiger charge is 2.43. The molecule has 164 valence electrons. The van der Waals surface area contributed by atoms with E-state index < -0.39 is 11.5 Å². The lowest BCUT2D eigenvalue weighted by atomic mass is 9.81. The molecule has 31 heavy (non-hydrogen) atoms. The summed E-state index contributed by atoms with van der Waals surface area (Å²) in [5.74, 6) is 0.00928. The Bertz CT molecular complexity index is 963. The third-order valence-electron chi connectivity index (χ3n) is 5.33. The van der Waals surface area contributed by atoms with Gasteiger partial charge in [0.2, 0.25) is 0 Å². The number of nitrogens with zero attached hydrogens (tertiary/aromatic N) is 3. The van der Waals surface area contributed by atoms with Gasteiger partial charge in [0.1, 0.15) is 11.3 Å². The Morgan fingerprint density at radius 3 is 2.71 bits per heavy atom. The first kappa shape index (κ1) is 22.9. The summed E-state index contributed by atoms with van der Waals surface area (Å²) in [6.45, 7) is 12.6. The zero-order valence-electron chi connectivity index (χ0n) is 17.9. The molecule has 1 saturated heterocycles. The predicted molar refractivity (Wildman–Crippen MR) is 124 cm³/mol. The Kier molecular flexibility index (Phi) is 7.43. The summed E-state index contributed by atoms with van der Waals surface area (Å²) < 4.78 is 10.6. The van der Waals surface area contributed by atoms with Gasteiger partial charge in [-0.1, -0.05) is 43.0 Å². The lowest BCUT2D eigenvalue weighted by Gasteiger charge is -2.37. The molecule has 2 heterocycles. The summed E-state index contributed by atoms with van der Waals surface area (Å²) in [6.07, 6.45) is 3.02. The number of halogens is 1. The number of nitrogens with one attached hydrogen (secondary N) is 1. The molecule has 0 amide bonds. The van der Waals surface area contributed by atoms with E-state index in [0.29, 0.717) is 53.2 Å². The van der Waals surface area contributed by atoms with Crippen molar-refractivity contribution in [1.29, 1.82) is 0 Å². The van der Waals surface area contributed by atoms with Gasteiger partial charge in [-0.3, -0.25) is 9.89 Å². The van der Waals surface area contributed by atoms with E-state index in [4.69, 9.17) is 26.1 Å². The molecule has 0 saturated carbocycles. The average molecular weight is 443 g/mol. The minimum atomic E-state index is -1.10. The standard InChI is InChI=1S/C23H27ClN4O3/c1-5-18(25-6-2)21-26-19(15-28-11-13-31-14-12-28)20(22(29)30-4)23(3,27-21)16-9-7-8-10-17(16)24/h5-10H,1-2,11-15H2,3-4H3,(H,26,27). The van der Waals surface area contributed by atoms with Crippen LogP contribution in [0.3, 0.4) is 0 Å². The maximum absolute atomic E-state index is 13.0. The lowest BCUT2D eigenvalue weighted by molar-refractivity contribution is -0.137. The maximum atomic E-state index is 13.0. The Balaban J connectivity index is 2.22. The number of carbonyl (C=O) groups is 1. The highest BCUT2D eigenvalue weighted by Crippen LogP contribution is 2.41. The number of benzene rings is 1. The number of ether oxygens (including phenoxy) is 2. The monoisotopic (exact) mass is 442 g/mol. The molecule has 1 fully saturated rings. The molecule has 0 radical (unpaired) electrons. The molecule has 7 nitrogen and oxygen atoms in total. The summed E-state index contributed by atoms with van der Waals surface area (Å²) in [5.41, 5.74) is 1.19. The zero-order chi connectivity index (χ0) is 22.4. The molecule has 0 spiro atoms. The third-order valence-corrected chi connectivity index (χ3v) is 5.66. The summed E-state index contributed by atoms with van der Waals surface area (Å²) in [5, 5.41) is 3.80. The van der Waals surface area contributed by atoms with E-state index in [0.717, 1.165) is 13.1 Å². The fourth-order valence-corrected chi connectivity index (χ4v) is 4.13. The van der Waals surface area contributed by atoms with Crippen LogP contribution in [0.15, 0.2) is 71.0 Å². The minimum Gasteiger partial charge on any atom is -0.466 e. The van der Waals surface area contributed by atoms with Gasteiger partial charge in [0, 0.05) is 42.1 Å². The number of methoxy groups -OCH3 is 1. The number of rotatable bonds is 7. The number of esters is 1. The fourth-order valence-electron chi connectivity index (χ4n) is 3.81. The van der Waals surface area contributed by atoms with Crippen LogP contribution in [0, 0.1) is 0 Å². The number of aliphatic imine (C=N–C) groups is 2. The third kappa shape index (κ3) is 4.79. The maximum Gasteiger partial charge on any atom is 0.338 e. The Morgan fingerprint density at radius 1 is 1.39 bits per heavy atom. The number of hydrogen-bond acceptors (Lipinski definition) is 7. The molecule has 2 aliphatic heterocycles. The molecule has 8 heteroatoms. The van der Waals surface area contributed by atoms with Crippen LogP contribution in [0.1, 0.15) is 12.5 Å². The van der Waals surface area contributed by atoms with E-state index >= 15 is 0 Å². The highest BCUT2D eigenvalue weighted by atomic mass is 35.5. The molecular weight excluding hydrogens is 416 g/mol. The second kappa shape index (κ2) is 10.0. The summed E-state index contributed by atoms with van der Waals surface area (Å²) in [7, 11) is 1.36. The molecule has 0 bridgehead atoms. The lowest BCUT2D eigenvalue weighted by Crippen LogP contribution is -2.48. The van der Waals surface area contributed by atoms with E-state index in [2.05, 4.69) is 28.4 Å². The Hall–Kier alpha value is -2.74. The first-order valence-corrected chi connectivity index (χ1v) is 10.4. The number of hydrogen-bond donors (Lipinski definition) is 1. The van der Waals surface area contributed by atoms with Crippen LogP contribution in [0.4, 0.5) is 0 Å². The van der Waals surface area contributed by atoms with E-state index in [1.807, 2.05) is 25.1 Å². The van der Waals surface area contributed by atoms with Crippen molar-refractivity contribution in [3.8, 4) is 0 Å². The topological polar surface area (TPSA) is 75.5 Å². The molecule has 0 aromatic heterocycles. The van der Waals surface area contributed by atoms with Crippen LogP contribution in [0.5, 0.6) is 0 Å². The van der Waals surface area contributed by atoms with Gasteiger partial charge in [-0.15, -0.1) is 0 Å². The van der Waals surface area contributed by atoms with Gasteiger partial charge in [-0.2, -0.15) is 0 Å². The minimum absolute atomic E-state index is 0.403. The van der Waals surface area contributed by atoms with Crippen molar-refractivity contribution in [3.63, 3.8) is 0 Å². The van der Waals surface area contributed by atoms with E-state index in [1.54, 1.807) is 12.1 Å². The van der Waals surface area contributed by atoms with Crippen molar-refractivity contribution in [1.82, 2.24) is 10.2 Å². The normalized spacial score (nSPS) is 22.4. The van der Waals surface area contributed by atoms with E-state index in [-0.39, 0.29) is 0 Å². The van der Waals surface area contributed by atoms with Crippen LogP contribution in [0.2, 0.25) is 5.02 Å². The first-order chi connectivity index (χ1) is 14.9. The van der Waals surface area contributed by atoms with Gasteiger partial charge in [-0.05, 0) is 19.1 Å². The van der Waals surface area contributed by atoms with Crippen molar-refractivity contribution in [3.05, 3.63) is 71.6 Å². The highest BCUT2D eigenvalue weighted by molar-refractivity contribution is 6.46. The first-order valence-electron chi connectivity index (χ1n) is 10.00. The van der Waals surface area contributed by atoms with Crippen molar-refractivity contribution >= 4 is 29.1 Å². The van der Waals surface area contributed by atoms with Crippen LogP contribution < -0.4 is 5.32 Å². The van der Waals surface area contributed by atoms with Gasteiger partial charge in [0.05, 0.1) is 25.9 Å². The molecule has 1 aromatic carbocycles. The quantitative estimate of drug-likeness (QED) is 0.518. The number of morpholine rings is 1. The smallest absolute Gasteiger partial charge is 0.338 e. The molecular formula is C23H27ClN4O3. The van der Waals surface area contributed by atoms with Crippen LogP contribution in [-0.2, 0) is 19.8 Å². The SMILES string of the molecule is C=CN=C(C=C)C1=NC(C)(c2ccccc2Cl)C(C(=O)OC)=C(CN2CCOCC2)N1. The molecule has 1 atom stereocenters. The van der Waals surface area contributed by atoms with Crippen molar-refractivity contribution in [2.75, 3.05) is 40.0 Å². The van der Waals surface area contributed by atoms with E-state index in [9.17, 15) is 4.79 Å².